The Labute approximate surface area is 95.0 Å². The van der Waals surface area contributed by atoms with Crippen molar-refractivity contribution in [2.45, 2.75) is 25.4 Å². The van der Waals surface area contributed by atoms with Gasteiger partial charge in [0.15, 0.2) is 0 Å². The van der Waals surface area contributed by atoms with Gasteiger partial charge in [0.2, 0.25) is 0 Å². The Balaban J connectivity index is 2.05. The Morgan fingerprint density at radius 2 is 2.06 bits per heavy atom. The number of rotatable bonds is 3. The van der Waals surface area contributed by atoms with Gasteiger partial charge in [-0.25, -0.2) is 4.79 Å². The van der Waals surface area contributed by atoms with Crippen molar-refractivity contribution in [1.82, 2.24) is 4.90 Å². The Hall–Kier alpha value is -1.71. The van der Waals surface area contributed by atoms with E-state index in [1.807, 2.05) is 24.3 Å². The molecule has 4 heteroatoms. The van der Waals surface area contributed by atoms with Crippen LogP contribution in [-0.4, -0.2) is 24.1 Å². The Morgan fingerprint density at radius 3 is 2.56 bits per heavy atom. The first-order valence-electron chi connectivity index (χ1n) is 5.39. The van der Waals surface area contributed by atoms with Crippen LogP contribution >= 0.6 is 0 Å². The molecule has 0 atom stereocenters. The molecule has 1 amide bonds. The van der Waals surface area contributed by atoms with Crippen molar-refractivity contribution >= 4 is 11.8 Å². The molecule has 0 spiro atoms. The average Bonchev–Trinajstić information content (AvgIpc) is 3.11. The molecule has 1 aliphatic rings. The van der Waals surface area contributed by atoms with Crippen molar-refractivity contribution in [3.05, 3.63) is 29.8 Å². The molecule has 2 rings (SSSR count). The van der Waals surface area contributed by atoms with Crippen LogP contribution in [0.4, 0.5) is 10.5 Å². The lowest BCUT2D eigenvalue weighted by Gasteiger charge is -2.20. The third-order valence-electron chi connectivity index (χ3n) is 2.73. The first-order valence-corrected chi connectivity index (χ1v) is 5.39. The highest BCUT2D eigenvalue weighted by atomic mass is 16.5. The molecular weight excluding hydrogens is 204 g/mol. The number of nitrogens with zero attached hydrogens (tertiary/aromatic N) is 1. The summed E-state index contributed by atoms with van der Waals surface area (Å²) in [6.07, 6.45) is 1.90. The Kier molecular flexibility index (Phi) is 2.99. The van der Waals surface area contributed by atoms with E-state index in [9.17, 15) is 4.79 Å². The van der Waals surface area contributed by atoms with Gasteiger partial charge in [0.05, 0.1) is 7.11 Å². The van der Waals surface area contributed by atoms with Gasteiger partial charge in [0.1, 0.15) is 0 Å². The van der Waals surface area contributed by atoms with E-state index in [4.69, 9.17) is 10.5 Å². The highest BCUT2D eigenvalue weighted by Gasteiger charge is 2.33. The summed E-state index contributed by atoms with van der Waals surface area (Å²) in [5.41, 5.74) is 7.42. The second-order valence-electron chi connectivity index (χ2n) is 4.07. The minimum Gasteiger partial charge on any atom is -0.453 e. The minimum absolute atomic E-state index is 0.251. The third-order valence-corrected chi connectivity index (χ3v) is 2.73. The largest absolute Gasteiger partial charge is 0.453 e. The summed E-state index contributed by atoms with van der Waals surface area (Å²) in [5.74, 6) is 0. The number of carbonyl (C=O) groups is 1. The molecular formula is C12H16N2O2. The smallest absolute Gasteiger partial charge is 0.410 e. The van der Waals surface area contributed by atoms with E-state index < -0.39 is 0 Å². The summed E-state index contributed by atoms with van der Waals surface area (Å²) in [7, 11) is 1.42. The molecule has 1 aromatic rings. The summed E-state index contributed by atoms with van der Waals surface area (Å²) in [4.78, 5) is 13.3. The fourth-order valence-corrected chi connectivity index (χ4v) is 1.67. The van der Waals surface area contributed by atoms with Crippen LogP contribution in [0.3, 0.4) is 0 Å². The third kappa shape index (κ3) is 2.45. The maximum atomic E-state index is 11.5. The molecule has 1 aromatic carbocycles. The van der Waals surface area contributed by atoms with E-state index in [0.29, 0.717) is 12.6 Å². The van der Waals surface area contributed by atoms with Crippen molar-refractivity contribution in [2.75, 3.05) is 12.8 Å². The minimum atomic E-state index is -0.251. The highest BCUT2D eigenvalue weighted by molar-refractivity contribution is 5.68. The van der Waals surface area contributed by atoms with Crippen LogP contribution in [0.15, 0.2) is 24.3 Å². The van der Waals surface area contributed by atoms with Gasteiger partial charge in [-0.3, -0.25) is 0 Å². The maximum absolute atomic E-state index is 11.5. The fourth-order valence-electron chi connectivity index (χ4n) is 1.67. The monoisotopic (exact) mass is 220 g/mol. The normalized spacial score (nSPS) is 14.6. The molecule has 1 aliphatic carbocycles. The lowest BCUT2D eigenvalue weighted by Crippen LogP contribution is -2.32. The van der Waals surface area contributed by atoms with Gasteiger partial charge in [0.25, 0.3) is 0 Å². The van der Waals surface area contributed by atoms with Crippen LogP contribution in [0.2, 0.25) is 0 Å². The average molecular weight is 220 g/mol. The van der Waals surface area contributed by atoms with Crippen molar-refractivity contribution < 1.29 is 9.53 Å². The maximum Gasteiger partial charge on any atom is 0.410 e. The van der Waals surface area contributed by atoms with Gasteiger partial charge in [-0.2, -0.15) is 0 Å². The first-order chi connectivity index (χ1) is 7.70. The number of ether oxygens (including phenoxy) is 1. The molecule has 0 unspecified atom stereocenters. The standard InChI is InChI=1S/C12H16N2O2/c1-16-12(15)14(11-6-7-11)8-9-2-4-10(13)5-3-9/h2-5,11H,6-8,13H2,1H3. The predicted molar refractivity (Wildman–Crippen MR) is 61.8 cm³/mol. The fraction of sp³-hybridized carbons (Fsp3) is 0.417. The van der Waals surface area contributed by atoms with E-state index in [2.05, 4.69) is 0 Å². The van der Waals surface area contributed by atoms with Crippen LogP contribution in [0.1, 0.15) is 18.4 Å². The molecule has 1 saturated carbocycles. The van der Waals surface area contributed by atoms with Gasteiger partial charge in [-0.05, 0) is 30.5 Å². The summed E-state index contributed by atoms with van der Waals surface area (Å²) >= 11 is 0. The number of nitrogens with two attached hydrogens (primary N) is 1. The van der Waals surface area contributed by atoms with Gasteiger partial charge in [0, 0.05) is 18.3 Å². The van der Waals surface area contributed by atoms with Crippen molar-refractivity contribution in [3.63, 3.8) is 0 Å². The molecule has 0 saturated heterocycles. The Morgan fingerprint density at radius 1 is 1.44 bits per heavy atom. The molecule has 16 heavy (non-hydrogen) atoms. The van der Waals surface area contributed by atoms with Gasteiger partial charge >= 0.3 is 6.09 Å². The van der Waals surface area contributed by atoms with E-state index in [1.54, 1.807) is 4.90 Å². The lowest BCUT2D eigenvalue weighted by atomic mass is 10.2. The molecule has 2 N–H and O–H groups in total. The number of nitrogen functional groups attached to an aromatic ring is 1. The highest BCUT2D eigenvalue weighted by Crippen LogP contribution is 2.28. The molecule has 0 aliphatic heterocycles. The SMILES string of the molecule is COC(=O)N(Cc1ccc(N)cc1)C1CC1. The molecule has 86 valence electrons. The second kappa shape index (κ2) is 4.43. The Bertz CT molecular complexity index is 371. The number of methoxy groups -OCH3 is 1. The summed E-state index contributed by atoms with van der Waals surface area (Å²) < 4.78 is 4.77. The molecule has 0 radical (unpaired) electrons. The topological polar surface area (TPSA) is 55.6 Å². The predicted octanol–water partition coefficient (Wildman–Crippen LogP) is 2.00. The number of hydrogen-bond acceptors (Lipinski definition) is 3. The van der Waals surface area contributed by atoms with Crippen molar-refractivity contribution in [3.8, 4) is 0 Å². The van der Waals surface area contributed by atoms with Gasteiger partial charge in [-0.15, -0.1) is 0 Å². The number of benzene rings is 1. The summed E-state index contributed by atoms with van der Waals surface area (Å²) in [5, 5.41) is 0. The molecule has 0 heterocycles. The number of hydrogen-bond donors (Lipinski definition) is 1. The van der Waals surface area contributed by atoms with Crippen LogP contribution in [0, 0.1) is 0 Å². The number of anilines is 1. The first kappa shape index (κ1) is 10.8. The van der Waals surface area contributed by atoms with Gasteiger partial charge < -0.3 is 15.4 Å². The number of amides is 1. The zero-order valence-corrected chi connectivity index (χ0v) is 9.35. The van der Waals surface area contributed by atoms with E-state index in [1.165, 1.54) is 7.11 Å². The summed E-state index contributed by atoms with van der Waals surface area (Å²) in [6, 6.07) is 7.92. The van der Waals surface area contributed by atoms with Crippen LogP contribution < -0.4 is 5.73 Å². The molecule has 0 bridgehead atoms. The van der Waals surface area contributed by atoms with Crippen LogP contribution in [0.5, 0.6) is 0 Å². The molecule has 0 aromatic heterocycles. The van der Waals surface area contributed by atoms with E-state index >= 15 is 0 Å². The zero-order chi connectivity index (χ0) is 11.5. The second-order valence-corrected chi connectivity index (χ2v) is 4.07. The number of carbonyl (C=O) groups excluding carboxylic acids is 1. The van der Waals surface area contributed by atoms with Crippen molar-refractivity contribution in [2.24, 2.45) is 0 Å². The molecule has 1 fully saturated rings. The van der Waals surface area contributed by atoms with Crippen LogP contribution in [0.25, 0.3) is 0 Å². The zero-order valence-electron chi connectivity index (χ0n) is 9.35. The van der Waals surface area contributed by atoms with Crippen LogP contribution in [-0.2, 0) is 11.3 Å². The summed E-state index contributed by atoms with van der Waals surface area (Å²) in [6.45, 7) is 0.595. The van der Waals surface area contributed by atoms with E-state index in [0.717, 1.165) is 24.1 Å². The molecule has 4 nitrogen and oxygen atoms in total. The lowest BCUT2D eigenvalue weighted by molar-refractivity contribution is 0.118. The van der Waals surface area contributed by atoms with Crippen molar-refractivity contribution in [1.29, 1.82) is 0 Å². The quantitative estimate of drug-likeness (QED) is 0.793. The van der Waals surface area contributed by atoms with E-state index in [-0.39, 0.29) is 6.09 Å². The van der Waals surface area contributed by atoms with Gasteiger partial charge in [-0.1, -0.05) is 12.1 Å².